The van der Waals surface area contributed by atoms with Gasteiger partial charge < -0.3 is 20.9 Å². The predicted octanol–water partition coefficient (Wildman–Crippen LogP) is 6.30. The number of aliphatic carboxylic acids is 1. The summed E-state index contributed by atoms with van der Waals surface area (Å²) in [5, 5.41) is 21.3. The van der Waals surface area contributed by atoms with Crippen molar-refractivity contribution in [2.24, 2.45) is 10.7 Å². The van der Waals surface area contributed by atoms with Gasteiger partial charge in [-0.3, -0.25) is 4.79 Å². The summed E-state index contributed by atoms with van der Waals surface area (Å²) in [7, 11) is 0. The first-order chi connectivity index (χ1) is 16.7. The molecule has 0 saturated heterocycles. The van der Waals surface area contributed by atoms with E-state index in [1.807, 2.05) is 68.4 Å². The number of nitrogens with one attached hydrogen (secondary N) is 1. The molecule has 0 aliphatic heterocycles. The molecule has 4 aromatic rings. The molecule has 0 bridgehead atoms. The van der Waals surface area contributed by atoms with Gasteiger partial charge in [0.15, 0.2) is 5.88 Å². The Hall–Kier alpha value is -3.61. The number of aliphatic imine (C=N–C) groups is 1. The van der Waals surface area contributed by atoms with Crippen molar-refractivity contribution in [1.29, 1.82) is 0 Å². The van der Waals surface area contributed by atoms with Gasteiger partial charge in [0.1, 0.15) is 0 Å². The van der Waals surface area contributed by atoms with Gasteiger partial charge in [-0.15, -0.1) is 0 Å². The van der Waals surface area contributed by atoms with E-state index in [9.17, 15) is 9.90 Å². The van der Waals surface area contributed by atoms with Crippen LogP contribution in [0, 0.1) is 0 Å². The van der Waals surface area contributed by atoms with E-state index in [0.29, 0.717) is 33.9 Å². The fourth-order valence-corrected chi connectivity index (χ4v) is 4.21. The smallest absolute Gasteiger partial charge is 0.303 e. The van der Waals surface area contributed by atoms with Crippen molar-refractivity contribution < 1.29 is 15.0 Å². The van der Waals surface area contributed by atoms with Gasteiger partial charge in [0, 0.05) is 27.9 Å². The Balaban J connectivity index is 1.87. The molecular formula is C28H28ClN3O3. The monoisotopic (exact) mass is 489 g/mol. The van der Waals surface area contributed by atoms with Gasteiger partial charge in [0.25, 0.3) is 0 Å². The summed E-state index contributed by atoms with van der Waals surface area (Å²) in [5.74, 6) is -0.872. The van der Waals surface area contributed by atoms with Crippen molar-refractivity contribution in [3.8, 4) is 5.88 Å². The van der Waals surface area contributed by atoms with Gasteiger partial charge in [0.2, 0.25) is 0 Å². The quantitative estimate of drug-likeness (QED) is 0.218. The summed E-state index contributed by atoms with van der Waals surface area (Å²) in [6.07, 6.45) is 1.23. The summed E-state index contributed by atoms with van der Waals surface area (Å²) in [4.78, 5) is 19.0. The van der Waals surface area contributed by atoms with Gasteiger partial charge in [-0.1, -0.05) is 54.9 Å². The number of benzene rings is 3. The van der Waals surface area contributed by atoms with E-state index in [1.165, 1.54) is 0 Å². The lowest BCUT2D eigenvalue weighted by Crippen LogP contribution is -2.31. The first-order valence-corrected chi connectivity index (χ1v) is 11.9. The summed E-state index contributed by atoms with van der Waals surface area (Å²) in [6, 6.07) is 20.7. The molecule has 1 aromatic heterocycles. The standard InChI is InChI=1S/C28H28ClN3O3/c1-3-28(2,30)19-8-11-21(12-9-19)31-26(18-6-4-5-17(15-18)7-14-24(33)34)25-22-13-10-20(29)16-23(22)32-27(25)35/h4-6,8-13,15-16,32,35H,3,7,14,30H2,1-2H3,(H,33,34). The number of aromatic hydroxyl groups is 1. The normalized spacial score (nSPS) is 13.7. The molecule has 1 unspecified atom stereocenters. The molecule has 6 nitrogen and oxygen atoms in total. The molecule has 0 aliphatic carbocycles. The maximum absolute atomic E-state index is 11.1. The van der Waals surface area contributed by atoms with E-state index in [1.54, 1.807) is 12.1 Å². The van der Waals surface area contributed by atoms with Gasteiger partial charge in [-0.05, 0) is 61.2 Å². The average Bonchev–Trinajstić information content (AvgIpc) is 3.16. The molecule has 0 aliphatic rings. The number of aromatic amines is 1. The maximum Gasteiger partial charge on any atom is 0.303 e. The Morgan fingerprint density at radius 2 is 1.86 bits per heavy atom. The van der Waals surface area contributed by atoms with E-state index in [-0.39, 0.29) is 12.3 Å². The number of hydrogen-bond acceptors (Lipinski definition) is 4. The van der Waals surface area contributed by atoms with Crippen LogP contribution in [-0.4, -0.2) is 26.9 Å². The molecule has 0 spiro atoms. The Kier molecular flexibility index (Phi) is 6.96. The number of H-pyrrole nitrogens is 1. The number of carboxylic acid groups (broad SMARTS) is 1. The lowest BCUT2D eigenvalue weighted by atomic mass is 9.90. The van der Waals surface area contributed by atoms with E-state index >= 15 is 0 Å². The fraction of sp³-hybridized carbons (Fsp3) is 0.214. The molecule has 3 aromatic carbocycles. The number of nitrogens with zero attached hydrogens (tertiary/aromatic N) is 1. The minimum atomic E-state index is -0.852. The summed E-state index contributed by atoms with van der Waals surface area (Å²) in [5.41, 5.74) is 11.1. The molecule has 0 saturated carbocycles. The number of fused-ring (bicyclic) bond motifs is 1. The van der Waals surface area contributed by atoms with Gasteiger partial charge in [-0.25, -0.2) is 4.99 Å². The Morgan fingerprint density at radius 1 is 1.11 bits per heavy atom. The zero-order valence-corrected chi connectivity index (χ0v) is 20.4. The lowest BCUT2D eigenvalue weighted by Gasteiger charge is -2.23. The van der Waals surface area contributed by atoms with Crippen LogP contribution in [0.2, 0.25) is 5.02 Å². The van der Waals surface area contributed by atoms with Gasteiger partial charge in [0.05, 0.1) is 22.5 Å². The number of aromatic nitrogens is 1. The lowest BCUT2D eigenvalue weighted by molar-refractivity contribution is -0.136. The SMILES string of the molecule is CCC(C)(N)c1ccc(N=C(c2cccc(CCC(=O)O)c2)c2c(O)[nH]c3cc(Cl)ccc23)cc1. The molecule has 180 valence electrons. The third-order valence-electron chi connectivity index (χ3n) is 6.31. The number of halogens is 1. The van der Waals surface area contributed by atoms with Crippen LogP contribution in [0.15, 0.2) is 71.7 Å². The molecule has 7 heteroatoms. The second kappa shape index (κ2) is 9.94. The Morgan fingerprint density at radius 3 is 2.54 bits per heavy atom. The topological polar surface area (TPSA) is 112 Å². The van der Waals surface area contributed by atoms with Crippen molar-refractivity contribution in [3.63, 3.8) is 0 Å². The summed E-state index contributed by atoms with van der Waals surface area (Å²) >= 11 is 6.16. The zero-order valence-electron chi connectivity index (χ0n) is 19.7. The Bertz CT molecular complexity index is 1400. The van der Waals surface area contributed by atoms with E-state index in [4.69, 9.17) is 27.4 Å². The molecule has 1 atom stereocenters. The van der Waals surface area contributed by atoms with Crippen LogP contribution in [0.25, 0.3) is 10.9 Å². The third kappa shape index (κ3) is 5.39. The number of carbonyl (C=O) groups is 1. The highest BCUT2D eigenvalue weighted by atomic mass is 35.5. The fourth-order valence-electron chi connectivity index (χ4n) is 4.04. The minimum Gasteiger partial charge on any atom is -0.494 e. The zero-order chi connectivity index (χ0) is 25.2. The molecule has 5 N–H and O–H groups in total. The van der Waals surface area contributed by atoms with Crippen LogP contribution in [0.1, 0.15) is 48.9 Å². The molecule has 1 heterocycles. The summed E-state index contributed by atoms with van der Waals surface area (Å²) in [6.45, 7) is 4.04. The second-order valence-electron chi connectivity index (χ2n) is 8.91. The first kappa shape index (κ1) is 24.5. The van der Waals surface area contributed by atoms with Crippen molar-refractivity contribution >= 4 is 39.9 Å². The van der Waals surface area contributed by atoms with Crippen molar-refractivity contribution in [1.82, 2.24) is 4.98 Å². The molecule has 0 radical (unpaired) electrons. The third-order valence-corrected chi connectivity index (χ3v) is 6.54. The number of rotatable bonds is 8. The average molecular weight is 490 g/mol. The van der Waals surface area contributed by atoms with Crippen LogP contribution in [0.3, 0.4) is 0 Å². The van der Waals surface area contributed by atoms with Crippen LogP contribution < -0.4 is 5.73 Å². The molecule has 4 rings (SSSR count). The molecule has 0 amide bonds. The number of aryl methyl sites for hydroxylation is 1. The van der Waals surface area contributed by atoms with E-state index < -0.39 is 11.5 Å². The van der Waals surface area contributed by atoms with Crippen LogP contribution in [0.4, 0.5) is 5.69 Å². The number of carboxylic acids is 1. The molecule has 35 heavy (non-hydrogen) atoms. The Labute approximate surface area is 209 Å². The minimum absolute atomic E-state index is 0.0194. The van der Waals surface area contributed by atoms with Crippen LogP contribution in [-0.2, 0) is 16.8 Å². The van der Waals surface area contributed by atoms with Gasteiger partial charge in [-0.2, -0.15) is 0 Å². The van der Waals surface area contributed by atoms with Gasteiger partial charge >= 0.3 is 5.97 Å². The number of nitrogens with two attached hydrogens (primary N) is 1. The first-order valence-electron chi connectivity index (χ1n) is 11.5. The van der Waals surface area contributed by atoms with Crippen molar-refractivity contribution in [2.75, 3.05) is 0 Å². The maximum atomic E-state index is 11.1. The van der Waals surface area contributed by atoms with E-state index in [0.717, 1.165) is 28.5 Å². The van der Waals surface area contributed by atoms with Crippen molar-refractivity contribution in [3.05, 3.63) is 94.0 Å². The largest absolute Gasteiger partial charge is 0.494 e. The highest BCUT2D eigenvalue weighted by molar-refractivity contribution is 6.31. The van der Waals surface area contributed by atoms with Crippen molar-refractivity contribution in [2.45, 2.75) is 38.6 Å². The molecule has 0 fully saturated rings. The highest BCUT2D eigenvalue weighted by Crippen LogP contribution is 2.33. The number of hydrogen-bond donors (Lipinski definition) is 4. The highest BCUT2D eigenvalue weighted by Gasteiger charge is 2.21. The summed E-state index contributed by atoms with van der Waals surface area (Å²) < 4.78 is 0. The second-order valence-corrected chi connectivity index (χ2v) is 9.35. The van der Waals surface area contributed by atoms with Crippen LogP contribution in [0.5, 0.6) is 5.88 Å². The predicted molar refractivity (Wildman–Crippen MR) is 141 cm³/mol. The van der Waals surface area contributed by atoms with E-state index in [2.05, 4.69) is 4.98 Å². The van der Waals surface area contributed by atoms with Crippen LogP contribution >= 0.6 is 11.6 Å². The molecular weight excluding hydrogens is 462 g/mol.